The van der Waals surface area contributed by atoms with E-state index in [0.717, 1.165) is 16.7 Å². The smallest absolute Gasteiger partial charge is 0.214 e. The van der Waals surface area contributed by atoms with Crippen LogP contribution in [0.5, 0.6) is 11.5 Å². The summed E-state index contributed by atoms with van der Waals surface area (Å²) < 4.78 is 14.0. The minimum atomic E-state index is 0.407. The third kappa shape index (κ3) is 5.09. The summed E-state index contributed by atoms with van der Waals surface area (Å²) in [7, 11) is 0. The predicted molar refractivity (Wildman–Crippen MR) is 127 cm³/mol. The maximum Gasteiger partial charge on any atom is 0.214 e. The molecule has 4 aromatic rings. The van der Waals surface area contributed by atoms with Crippen molar-refractivity contribution in [3.8, 4) is 22.9 Å². The number of H-pyrrole nitrogens is 1. The van der Waals surface area contributed by atoms with E-state index in [0.29, 0.717) is 46.9 Å². The van der Waals surface area contributed by atoms with Crippen LogP contribution in [0, 0.1) is 4.77 Å². The molecular formula is C23H22ClN5O2S. The summed E-state index contributed by atoms with van der Waals surface area (Å²) in [6.45, 7) is 3.27. The molecule has 0 saturated heterocycles. The maximum absolute atomic E-state index is 6.58. The van der Waals surface area contributed by atoms with Gasteiger partial charge in [0.15, 0.2) is 17.3 Å². The van der Waals surface area contributed by atoms with Crippen molar-refractivity contribution < 1.29 is 9.47 Å². The van der Waals surface area contributed by atoms with Gasteiger partial charge in [-0.3, -0.25) is 4.98 Å². The van der Waals surface area contributed by atoms with Crippen LogP contribution in [-0.2, 0) is 13.2 Å². The second-order valence-corrected chi connectivity index (χ2v) is 7.65. The summed E-state index contributed by atoms with van der Waals surface area (Å²) in [5, 5.41) is 7.69. The molecule has 0 fully saturated rings. The van der Waals surface area contributed by atoms with Crippen LogP contribution in [0.15, 0.2) is 67.0 Å². The molecule has 164 valence electrons. The molecule has 0 unspecified atom stereocenters. The van der Waals surface area contributed by atoms with E-state index >= 15 is 0 Å². The Morgan fingerprint density at radius 2 is 1.81 bits per heavy atom. The number of aromatic amines is 1. The Hall–Kier alpha value is -3.36. The number of hydrogen-bond acceptors (Lipinski definition) is 6. The lowest BCUT2D eigenvalue weighted by Gasteiger charge is -2.16. The van der Waals surface area contributed by atoms with Crippen molar-refractivity contribution in [1.82, 2.24) is 19.9 Å². The molecule has 2 N–H and O–H groups in total. The summed E-state index contributed by atoms with van der Waals surface area (Å²) in [5.74, 6) is 1.89. The lowest BCUT2D eigenvalue weighted by Crippen LogP contribution is -2.16. The van der Waals surface area contributed by atoms with Gasteiger partial charge in [0, 0.05) is 29.0 Å². The van der Waals surface area contributed by atoms with Crippen LogP contribution in [0.1, 0.15) is 18.1 Å². The van der Waals surface area contributed by atoms with E-state index in [4.69, 9.17) is 33.3 Å². The zero-order valence-corrected chi connectivity index (χ0v) is 19.0. The number of aromatic nitrogens is 4. The van der Waals surface area contributed by atoms with E-state index in [1.54, 1.807) is 23.1 Å². The van der Waals surface area contributed by atoms with Gasteiger partial charge in [0.25, 0.3) is 0 Å². The van der Waals surface area contributed by atoms with Crippen molar-refractivity contribution in [3.63, 3.8) is 0 Å². The number of ether oxygens (including phenoxy) is 2. The molecule has 0 bridgehead atoms. The summed E-state index contributed by atoms with van der Waals surface area (Å²) in [4.78, 5) is 4.05. The first-order chi connectivity index (χ1) is 15.7. The average Bonchev–Trinajstić information content (AvgIpc) is 3.19. The Labute approximate surface area is 196 Å². The number of benzene rings is 2. The number of nitrogens with one attached hydrogen (secondary N) is 2. The molecule has 2 aromatic carbocycles. The molecule has 9 heteroatoms. The van der Waals surface area contributed by atoms with Crippen molar-refractivity contribution in [3.05, 3.63) is 87.9 Å². The number of rotatable bonds is 9. The molecular weight excluding hydrogens is 446 g/mol. The first-order valence-corrected chi connectivity index (χ1v) is 10.9. The fourth-order valence-electron chi connectivity index (χ4n) is 3.13. The average molecular weight is 468 g/mol. The Balaban J connectivity index is 1.54. The number of pyridine rings is 1. The Morgan fingerprint density at radius 3 is 2.56 bits per heavy atom. The van der Waals surface area contributed by atoms with Crippen LogP contribution in [0.2, 0.25) is 5.02 Å². The lowest BCUT2D eigenvalue weighted by molar-refractivity contribution is 0.269. The quantitative estimate of drug-likeness (QED) is 0.322. The maximum atomic E-state index is 6.58. The van der Waals surface area contributed by atoms with Crippen LogP contribution in [-0.4, -0.2) is 26.5 Å². The van der Waals surface area contributed by atoms with Crippen LogP contribution in [0.3, 0.4) is 0 Å². The monoisotopic (exact) mass is 467 g/mol. The Morgan fingerprint density at radius 1 is 1.06 bits per heavy atom. The fraction of sp³-hybridized carbons (Fsp3) is 0.174. The molecule has 0 aliphatic carbocycles. The molecule has 0 amide bonds. The molecule has 2 aromatic heterocycles. The van der Waals surface area contributed by atoms with Gasteiger partial charge in [0.1, 0.15) is 6.61 Å². The third-order valence-electron chi connectivity index (χ3n) is 4.69. The first-order valence-electron chi connectivity index (χ1n) is 10.1. The topological polar surface area (TPSA) is 77.0 Å². The molecule has 0 spiro atoms. The second-order valence-electron chi connectivity index (χ2n) is 6.86. The molecule has 0 radical (unpaired) electrons. The number of halogens is 1. The normalized spacial score (nSPS) is 10.7. The predicted octanol–water partition coefficient (Wildman–Crippen LogP) is 5.38. The van der Waals surface area contributed by atoms with Crippen molar-refractivity contribution in [2.45, 2.75) is 20.1 Å². The van der Waals surface area contributed by atoms with Gasteiger partial charge >= 0.3 is 0 Å². The SMILES string of the molecule is CCOc1cc(CNn2c(-c3ccncc3)n[nH]c2=S)c(Cl)cc1OCc1ccccc1. The van der Waals surface area contributed by atoms with Crippen molar-refractivity contribution >= 4 is 23.8 Å². The minimum Gasteiger partial charge on any atom is -0.490 e. The molecule has 4 rings (SSSR count). The van der Waals surface area contributed by atoms with Crippen molar-refractivity contribution in [2.75, 3.05) is 12.0 Å². The second kappa shape index (κ2) is 10.3. The molecule has 32 heavy (non-hydrogen) atoms. The summed E-state index contributed by atoms with van der Waals surface area (Å²) in [5.41, 5.74) is 6.06. The standard InChI is InChI=1S/C23H22ClN5O2S/c1-2-30-20-12-18(19(24)13-21(20)31-15-16-6-4-3-5-7-16)14-26-29-22(27-28-23(29)32)17-8-10-25-11-9-17/h3-13,26H,2,14-15H2,1H3,(H,28,32). The fourth-order valence-corrected chi connectivity index (χ4v) is 3.55. The van der Waals surface area contributed by atoms with E-state index < -0.39 is 0 Å². The highest BCUT2D eigenvalue weighted by Gasteiger charge is 2.13. The van der Waals surface area contributed by atoms with E-state index in [9.17, 15) is 0 Å². The highest BCUT2D eigenvalue weighted by atomic mass is 35.5. The zero-order valence-electron chi connectivity index (χ0n) is 17.4. The Kier molecular flexibility index (Phi) is 7.03. The Bertz CT molecular complexity index is 1230. The van der Waals surface area contributed by atoms with Gasteiger partial charge in [0.2, 0.25) is 4.77 Å². The van der Waals surface area contributed by atoms with Crippen molar-refractivity contribution in [2.24, 2.45) is 0 Å². The van der Waals surface area contributed by atoms with Crippen LogP contribution >= 0.6 is 23.8 Å². The van der Waals surface area contributed by atoms with E-state index in [2.05, 4.69) is 20.6 Å². The summed E-state index contributed by atoms with van der Waals surface area (Å²) in [6, 6.07) is 17.3. The van der Waals surface area contributed by atoms with E-state index in [1.165, 1.54) is 0 Å². The number of hydrogen-bond donors (Lipinski definition) is 2. The molecule has 0 atom stereocenters. The van der Waals surface area contributed by atoms with Gasteiger partial charge in [-0.15, -0.1) is 0 Å². The van der Waals surface area contributed by atoms with Gasteiger partial charge in [0.05, 0.1) is 13.2 Å². The van der Waals surface area contributed by atoms with Gasteiger partial charge in [-0.1, -0.05) is 41.9 Å². The number of nitrogens with zero attached hydrogens (tertiary/aromatic N) is 3. The van der Waals surface area contributed by atoms with Crippen LogP contribution in [0.4, 0.5) is 0 Å². The van der Waals surface area contributed by atoms with E-state index in [-0.39, 0.29) is 0 Å². The molecule has 0 aliphatic rings. The molecule has 0 saturated carbocycles. The minimum absolute atomic E-state index is 0.407. The van der Waals surface area contributed by atoms with Gasteiger partial charge in [-0.25, -0.2) is 9.77 Å². The van der Waals surface area contributed by atoms with Crippen molar-refractivity contribution in [1.29, 1.82) is 0 Å². The molecule has 2 heterocycles. The van der Waals surface area contributed by atoms with Crippen LogP contribution in [0.25, 0.3) is 11.4 Å². The van der Waals surface area contributed by atoms with Gasteiger partial charge < -0.3 is 14.9 Å². The van der Waals surface area contributed by atoms with Gasteiger partial charge in [-0.05, 0) is 48.5 Å². The van der Waals surface area contributed by atoms with E-state index in [1.807, 2.05) is 55.5 Å². The highest BCUT2D eigenvalue weighted by molar-refractivity contribution is 7.71. The van der Waals surface area contributed by atoms with Crippen LogP contribution < -0.4 is 14.9 Å². The lowest BCUT2D eigenvalue weighted by atomic mass is 10.2. The summed E-state index contributed by atoms with van der Waals surface area (Å²) >= 11 is 12.0. The zero-order chi connectivity index (χ0) is 22.3. The highest BCUT2D eigenvalue weighted by Crippen LogP contribution is 2.34. The molecule has 0 aliphatic heterocycles. The molecule has 7 nitrogen and oxygen atoms in total. The third-order valence-corrected chi connectivity index (χ3v) is 5.31. The first kappa shape index (κ1) is 21.9. The largest absolute Gasteiger partial charge is 0.490 e. The summed E-state index contributed by atoms with van der Waals surface area (Å²) in [6.07, 6.45) is 3.41. The van der Waals surface area contributed by atoms with Gasteiger partial charge in [-0.2, -0.15) is 5.10 Å².